The Hall–Kier alpha value is -1.53. The molecule has 19 heavy (non-hydrogen) atoms. The largest absolute Gasteiger partial charge is 0.319 e. The summed E-state index contributed by atoms with van der Waals surface area (Å²) in [5.41, 5.74) is -0.0535. The van der Waals surface area contributed by atoms with E-state index in [0.29, 0.717) is 6.07 Å². The van der Waals surface area contributed by atoms with Gasteiger partial charge in [0.25, 0.3) is 5.91 Å². The number of nitrogens with zero attached hydrogens (tertiary/aromatic N) is 1. The molecule has 7 heteroatoms. The van der Waals surface area contributed by atoms with Crippen LogP contribution in [-0.4, -0.2) is 10.9 Å². The molecule has 0 aliphatic carbocycles. The molecule has 2 aromatic rings. The molecule has 0 aliphatic heterocycles. The first-order valence-corrected chi connectivity index (χ1v) is 6.22. The second-order valence-electron chi connectivity index (χ2n) is 3.54. The number of carbonyl (C=O) groups excluding carboxylic acids is 1. The molecule has 0 saturated carbocycles. The summed E-state index contributed by atoms with van der Waals surface area (Å²) in [5.74, 6) is -2.26. The fraction of sp³-hybridized carbons (Fsp3) is 0. The van der Waals surface area contributed by atoms with Gasteiger partial charge in [-0.15, -0.1) is 0 Å². The minimum Gasteiger partial charge on any atom is -0.319 e. The van der Waals surface area contributed by atoms with Crippen molar-refractivity contribution in [1.29, 1.82) is 0 Å². The number of anilines is 1. The topological polar surface area (TPSA) is 42.0 Å². The van der Waals surface area contributed by atoms with Gasteiger partial charge < -0.3 is 5.32 Å². The summed E-state index contributed by atoms with van der Waals surface area (Å²) in [5, 5.41) is 2.30. The van der Waals surface area contributed by atoms with E-state index in [1.54, 1.807) is 0 Å². The second kappa shape index (κ2) is 5.63. The summed E-state index contributed by atoms with van der Waals surface area (Å²) in [6, 6.07) is 4.77. The molecule has 1 aromatic heterocycles. The van der Waals surface area contributed by atoms with E-state index >= 15 is 0 Å². The maximum atomic E-state index is 13.5. The maximum absolute atomic E-state index is 13.5. The summed E-state index contributed by atoms with van der Waals surface area (Å²) in [7, 11) is 0. The van der Waals surface area contributed by atoms with Gasteiger partial charge in [0.2, 0.25) is 0 Å². The van der Waals surface area contributed by atoms with Crippen LogP contribution in [0.25, 0.3) is 0 Å². The Kier molecular flexibility index (Phi) is 4.11. The number of hydrogen-bond donors (Lipinski definition) is 1. The Morgan fingerprint density at radius 1 is 1.32 bits per heavy atom. The molecule has 0 atom stereocenters. The SMILES string of the molecule is O=C(Nc1cc(Br)c(F)cc1F)c1cccnc1Cl. The van der Waals surface area contributed by atoms with Crippen LogP contribution in [0.1, 0.15) is 10.4 Å². The fourth-order valence-corrected chi connectivity index (χ4v) is 1.91. The van der Waals surface area contributed by atoms with E-state index in [1.807, 2.05) is 0 Å². The zero-order valence-electron chi connectivity index (χ0n) is 9.25. The summed E-state index contributed by atoms with van der Waals surface area (Å²) in [6.45, 7) is 0. The standard InChI is InChI=1S/C12H6BrClF2N2O/c13-7-4-10(9(16)5-8(7)15)18-12(19)6-2-1-3-17-11(6)14/h1-5H,(H,18,19). The number of carbonyl (C=O) groups is 1. The lowest BCUT2D eigenvalue weighted by Gasteiger charge is -2.08. The van der Waals surface area contributed by atoms with Crippen LogP contribution in [0.15, 0.2) is 34.9 Å². The molecule has 1 N–H and O–H groups in total. The second-order valence-corrected chi connectivity index (χ2v) is 4.75. The molecule has 2 rings (SSSR count). The summed E-state index contributed by atoms with van der Waals surface area (Å²) < 4.78 is 26.6. The van der Waals surface area contributed by atoms with Crippen LogP contribution in [0.3, 0.4) is 0 Å². The van der Waals surface area contributed by atoms with Gasteiger partial charge >= 0.3 is 0 Å². The van der Waals surface area contributed by atoms with E-state index in [0.717, 1.165) is 6.07 Å². The monoisotopic (exact) mass is 346 g/mol. The van der Waals surface area contributed by atoms with Crippen molar-refractivity contribution in [3.05, 3.63) is 57.3 Å². The van der Waals surface area contributed by atoms with E-state index in [1.165, 1.54) is 18.3 Å². The first kappa shape index (κ1) is 13.9. The quantitative estimate of drug-likeness (QED) is 0.658. The number of rotatable bonds is 2. The van der Waals surface area contributed by atoms with E-state index in [2.05, 4.69) is 26.2 Å². The minimum absolute atomic E-state index is 0.00147. The fourth-order valence-electron chi connectivity index (χ4n) is 1.36. The molecule has 0 aliphatic rings. The van der Waals surface area contributed by atoms with Gasteiger partial charge in [-0.05, 0) is 34.1 Å². The predicted molar refractivity (Wildman–Crippen MR) is 71.3 cm³/mol. The third kappa shape index (κ3) is 3.08. The van der Waals surface area contributed by atoms with Crippen LogP contribution in [0, 0.1) is 11.6 Å². The molecule has 0 unspecified atom stereocenters. The Labute approximate surface area is 120 Å². The number of pyridine rings is 1. The summed E-state index contributed by atoms with van der Waals surface area (Å²) in [4.78, 5) is 15.6. The third-order valence-electron chi connectivity index (χ3n) is 2.26. The maximum Gasteiger partial charge on any atom is 0.258 e. The van der Waals surface area contributed by atoms with Crippen molar-refractivity contribution in [2.45, 2.75) is 0 Å². The average molecular weight is 348 g/mol. The normalized spacial score (nSPS) is 10.3. The van der Waals surface area contributed by atoms with Crippen LogP contribution in [0.4, 0.5) is 14.5 Å². The molecule has 0 radical (unpaired) electrons. The lowest BCUT2D eigenvalue weighted by Crippen LogP contribution is -2.14. The highest BCUT2D eigenvalue weighted by molar-refractivity contribution is 9.10. The van der Waals surface area contributed by atoms with Gasteiger partial charge in [-0.1, -0.05) is 11.6 Å². The summed E-state index contributed by atoms with van der Waals surface area (Å²) in [6.07, 6.45) is 1.42. The van der Waals surface area contributed by atoms with Gasteiger partial charge in [-0.3, -0.25) is 4.79 Å². The van der Waals surface area contributed by atoms with Crippen molar-refractivity contribution in [1.82, 2.24) is 4.98 Å². The summed E-state index contributed by atoms with van der Waals surface area (Å²) >= 11 is 8.66. The van der Waals surface area contributed by atoms with E-state index < -0.39 is 17.5 Å². The van der Waals surface area contributed by atoms with Crippen molar-refractivity contribution in [2.75, 3.05) is 5.32 Å². The molecule has 0 bridgehead atoms. The van der Waals surface area contributed by atoms with Crippen LogP contribution >= 0.6 is 27.5 Å². The van der Waals surface area contributed by atoms with Crippen molar-refractivity contribution < 1.29 is 13.6 Å². The lowest BCUT2D eigenvalue weighted by atomic mass is 10.2. The van der Waals surface area contributed by atoms with E-state index in [4.69, 9.17) is 11.6 Å². The first-order chi connectivity index (χ1) is 8.99. The predicted octanol–water partition coefficient (Wildman–Crippen LogP) is 4.03. The molecular weight excluding hydrogens is 341 g/mol. The molecule has 98 valence electrons. The van der Waals surface area contributed by atoms with Gasteiger partial charge in [-0.2, -0.15) is 0 Å². The molecule has 1 amide bonds. The van der Waals surface area contributed by atoms with Gasteiger partial charge in [-0.25, -0.2) is 13.8 Å². The molecule has 3 nitrogen and oxygen atoms in total. The molecule has 1 heterocycles. The van der Waals surface area contributed by atoms with Crippen molar-refractivity contribution in [3.8, 4) is 0 Å². The van der Waals surface area contributed by atoms with Gasteiger partial charge in [0, 0.05) is 12.3 Å². The average Bonchev–Trinajstić information content (AvgIpc) is 2.36. The van der Waals surface area contributed by atoms with Crippen molar-refractivity contribution in [3.63, 3.8) is 0 Å². The molecule has 1 aromatic carbocycles. The first-order valence-electron chi connectivity index (χ1n) is 5.05. The number of hydrogen-bond acceptors (Lipinski definition) is 2. The van der Waals surface area contributed by atoms with Gasteiger partial charge in [0.15, 0.2) is 0 Å². The Morgan fingerprint density at radius 3 is 2.74 bits per heavy atom. The zero-order chi connectivity index (χ0) is 14.0. The molecule has 0 fully saturated rings. The number of benzene rings is 1. The van der Waals surface area contributed by atoms with Crippen LogP contribution in [0.2, 0.25) is 5.15 Å². The van der Waals surface area contributed by atoms with Crippen molar-refractivity contribution in [2.24, 2.45) is 0 Å². The Balaban J connectivity index is 2.30. The number of halogens is 4. The van der Waals surface area contributed by atoms with Crippen LogP contribution < -0.4 is 5.32 Å². The van der Waals surface area contributed by atoms with E-state index in [-0.39, 0.29) is 20.9 Å². The highest BCUT2D eigenvalue weighted by atomic mass is 79.9. The smallest absolute Gasteiger partial charge is 0.258 e. The molecule has 0 spiro atoms. The van der Waals surface area contributed by atoms with E-state index in [9.17, 15) is 13.6 Å². The highest BCUT2D eigenvalue weighted by Crippen LogP contribution is 2.24. The van der Waals surface area contributed by atoms with Crippen LogP contribution in [0.5, 0.6) is 0 Å². The Morgan fingerprint density at radius 2 is 2.05 bits per heavy atom. The minimum atomic E-state index is -0.880. The van der Waals surface area contributed by atoms with Gasteiger partial charge in [0.05, 0.1) is 15.7 Å². The number of aromatic nitrogens is 1. The molecule has 0 saturated heterocycles. The molecular formula is C12H6BrClF2N2O. The Bertz CT molecular complexity index is 652. The lowest BCUT2D eigenvalue weighted by molar-refractivity contribution is 0.102. The number of amides is 1. The third-order valence-corrected chi connectivity index (χ3v) is 3.17. The highest BCUT2D eigenvalue weighted by Gasteiger charge is 2.14. The number of nitrogens with one attached hydrogen (secondary N) is 1. The van der Waals surface area contributed by atoms with Gasteiger partial charge in [0.1, 0.15) is 16.8 Å². The van der Waals surface area contributed by atoms with Crippen molar-refractivity contribution >= 4 is 39.1 Å². The van der Waals surface area contributed by atoms with Crippen LogP contribution in [-0.2, 0) is 0 Å². The zero-order valence-corrected chi connectivity index (χ0v) is 11.6.